The maximum Gasteiger partial charge on any atom is 0.255 e. The van der Waals surface area contributed by atoms with Gasteiger partial charge in [0, 0.05) is 80.5 Å². The normalized spacial score (nSPS) is 14.3. The van der Waals surface area contributed by atoms with Gasteiger partial charge in [-0.1, -0.05) is 37.1 Å². The summed E-state index contributed by atoms with van der Waals surface area (Å²) in [5.74, 6) is 0.754. The summed E-state index contributed by atoms with van der Waals surface area (Å²) in [6.07, 6.45) is 10.3. The molecule has 4 N–H and O–H groups in total. The first-order valence-corrected chi connectivity index (χ1v) is 24.0. The first kappa shape index (κ1) is 50.8. The van der Waals surface area contributed by atoms with Gasteiger partial charge in [0.25, 0.3) is 11.8 Å². The summed E-state index contributed by atoms with van der Waals surface area (Å²) in [7, 11) is 1.88. The molecule has 5 amide bonds. The highest BCUT2D eigenvalue weighted by Crippen LogP contribution is 2.32. The number of benzene rings is 3. The van der Waals surface area contributed by atoms with Crippen molar-refractivity contribution in [1.82, 2.24) is 40.3 Å². The summed E-state index contributed by atoms with van der Waals surface area (Å²) >= 11 is 0. The van der Waals surface area contributed by atoms with Crippen molar-refractivity contribution >= 4 is 40.9 Å². The molecule has 1 fully saturated rings. The van der Waals surface area contributed by atoms with Crippen molar-refractivity contribution in [3.63, 3.8) is 0 Å². The minimum Gasteiger partial charge on any atom is -0.494 e. The number of carbonyl (C=O) groups excluding carboxylic acids is 5. The van der Waals surface area contributed by atoms with Crippen LogP contribution in [-0.4, -0.2) is 111 Å². The monoisotopic (exact) mass is 958 g/mol. The predicted octanol–water partition coefficient (Wildman–Crippen LogP) is 5.76. The Morgan fingerprint density at radius 2 is 1.53 bits per heavy atom. The van der Waals surface area contributed by atoms with Crippen molar-refractivity contribution in [3.8, 4) is 17.3 Å². The number of aromatic nitrogens is 5. The lowest BCUT2D eigenvalue weighted by molar-refractivity contribution is -0.137. The molecule has 19 nitrogen and oxygen atoms in total. The second kappa shape index (κ2) is 26.6. The summed E-state index contributed by atoms with van der Waals surface area (Å²) in [6, 6.07) is 21.4. The van der Waals surface area contributed by atoms with Crippen molar-refractivity contribution < 1.29 is 42.9 Å². The number of rotatable bonds is 29. The van der Waals surface area contributed by atoms with Gasteiger partial charge in [0.05, 0.1) is 39.6 Å². The summed E-state index contributed by atoms with van der Waals surface area (Å²) in [4.78, 5) is 72.4. The molecule has 0 spiro atoms. The maximum atomic E-state index is 13.1. The van der Waals surface area contributed by atoms with Crippen molar-refractivity contribution in [2.75, 3.05) is 56.9 Å². The van der Waals surface area contributed by atoms with Crippen LogP contribution < -0.4 is 26.0 Å². The molecule has 4 heterocycles. The molecule has 0 bridgehead atoms. The van der Waals surface area contributed by atoms with E-state index in [4.69, 9.17) is 18.9 Å². The molecule has 1 unspecified atom stereocenters. The molecule has 0 aliphatic carbocycles. The van der Waals surface area contributed by atoms with Crippen LogP contribution in [0.1, 0.15) is 102 Å². The molecule has 2 aliphatic heterocycles. The van der Waals surface area contributed by atoms with E-state index in [1.165, 1.54) is 11.2 Å². The largest absolute Gasteiger partial charge is 0.494 e. The number of nitrogens with zero attached hydrogens (tertiary/aromatic N) is 6. The third-order valence-corrected chi connectivity index (χ3v) is 11.9. The lowest BCUT2D eigenvalue weighted by Crippen LogP contribution is -2.52. The molecule has 7 rings (SSSR count). The second-order valence-corrected chi connectivity index (χ2v) is 17.0. The lowest BCUT2D eigenvalue weighted by Gasteiger charge is -2.29. The third kappa shape index (κ3) is 15.0. The fourth-order valence-corrected chi connectivity index (χ4v) is 8.12. The number of unbranched alkanes of at least 4 members (excludes halogenated alkanes) is 5. The molecule has 1 saturated heterocycles. The molecular weight excluding hydrogens is 897 g/mol. The minimum atomic E-state index is -0.705. The molecule has 2 aliphatic rings. The van der Waals surface area contributed by atoms with Gasteiger partial charge in [0.1, 0.15) is 23.8 Å². The molecule has 5 aromatic rings. The van der Waals surface area contributed by atoms with Crippen LogP contribution in [0.4, 0.5) is 11.4 Å². The van der Waals surface area contributed by atoms with E-state index in [0.717, 1.165) is 61.3 Å². The molecule has 0 radical (unpaired) electrons. The smallest absolute Gasteiger partial charge is 0.255 e. The number of fused-ring (bicyclic) bond motifs is 1. The molecule has 370 valence electrons. The third-order valence-electron chi connectivity index (χ3n) is 11.9. The van der Waals surface area contributed by atoms with Gasteiger partial charge in [-0.25, -0.2) is 9.97 Å². The number of piperidine rings is 1. The Morgan fingerprint density at radius 3 is 2.30 bits per heavy atom. The van der Waals surface area contributed by atoms with E-state index in [9.17, 15) is 24.0 Å². The Bertz CT molecular complexity index is 2540. The zero-order valence-electron chi connectivity index (χ0n) is 39.7. The van der Waals surface area contributed by atoms with Gasteiger partial charge >= 0.3 is 0 Å². The topological polar surface area (TPSA) is 230 Å². The number of nitrogens with one attached hydrogen (secondary N) is 4. The minimum absolute atomic E-state index is 0.136. The van der Waals surface area contributed by atoms with Crippen LogP contribution in [0.25, 0.3) is 11.5 Å². The Hall–Kier alpha value is -7.09. The van der Waals surface area contributed by atoms with Gasteiger partial charge in [0.2, 0.25) is 17.7 Å². The molecule has 1 atom stereocenters. The fraction of sp³-hybridized carbons (Fsp3) is 0.431. The van der Waals surface area contributed by atoms with E-state index in [1.54, 1.807) is 36.5 Å². The first-order chi connectivity index (χ1) is 34.2. The van der Waals surface area contributed by atoms with Crippen LogP contribution in [0.2, 0.25) is 0 Å². The van der Waals surface area contributed by atoms with E-state index in [0.29, 0.717) is 106 Å². The highest BCUT2D eigenvalue weighted by molar-refractivity contribution is 6.06. The molecule has 0 saturated carbocycles. The van der Waals surface area contributed by atoms with Gasteiger partial charge in [-0.2, -0.15) is 0 Å². The predicted molar refractivity (Wildman–Crippen MR) is 259 cm³/mol. The van der Waals surface area contributed by atoms with Gasteiger partial charge in [-0.3, -0.25) is 29.3 Å². The number of carbonyl (C=O) groups is 5. The van der Waals surface area contributed by atoms with Gasteiger partial charge < -0.3 is 44.4 Å². The van der Waals surface area contributed by atoms with Gasteiger partial charge in [-0.05, 0) is 92.6 Å². The summed E-state index contributed by atoms with van der Waals surface area (Å²) in [6.45, 7) is 4.88. The molecule has 19 heteroatoms. The number of ether oxygens (including phenoxy) is 4. The van der Waals surface area contributed by atoms with E-state index in [1.807, 2.05) is 54.1 Å². The lowest BCUT2D eigenvalue weighted by atomic mass is 10.0. The first-order valence-electron chi connectivity index (χ1n) is 24.0. The molecular formula is C51H62N10O9. The van der Waals surface area contributed by atoms with Crippen LogP contribution in [0.5, 0.6) is 5.75 Å². The molecule has 3 aromatic carbocycles. The zero-order chi connectivity index (χ0) is 48.9. The number of imide groups is 1. The van der Waals surface area contributed by atoms with Crippen LogP contribution in [0.15, 0.2) is 85.3 Å². The molecule has 70 heavy (non-hydrogen) atoms. The standard InChI is InChI=1S/C51H62N10O9/c1-60-45(58-59-48(60)43-21-22-52-35-55-43)33-53-38-14-10-13-37(31-38)49(64)54-32-36-12-9-15-39(30-36)70-25-8-3-2-6-23-67-26-28-69-29-27-68-24-7-4-5-18-46(62)56-42-17-11-16-40-41(42)34-61(51(40)66)44-19-20-47(63)57-50(44)65/h9-17,21-22,30-31,35,44,53H,2-8,18-20,23-29,32-34H2,1H3,(H,54,64)(H,56,62)(H,57,63,65). The summed E-state index contributed by atoms with van der Waals surface area (Å²) in [5, 5.41) is 20.1. The summed E-state index contributed by atoms with van der Waals surface area (Å²) in [5.41, 5.74) is 4.68. The Labute approximate surface area is 407 Å². The quantitative estimate of drug-likeness (QED) is 0.0330. The van der Waals surface area contributed by atoms with Crippen LogP contribution in [0.3, 0.4) is 0 Å². The van der Waals surface area contributed by atoms with E-state index in [2.05, 4.69) is 41.4 Å². The van der Waals surface area contributed by atoms with Gasteiger partial charge in [-0.15, -0.1) is 10.2 Å². The molecule has 2 aromatic heterocycles. The van der Waals surface area contributed by atoms with E-state index < -0.39 is 11.9 Å². The van der Waals surface area contributed by atoms with Crippen molar-refractivity contribution in [2.45, 2.75) is 89.9 Å². The average Bonchev–Trinajstić information content (AvgIpc) is 3.92. The highest BCUT2D eigenvalue weighted by Gasteiger charge is 2.40. The van der Waals surface area contributed by atoms with Crippen LogP contribution >= 0.6 is 0 Å². The van der Waals surface area contributed by atoms with E-state index >= 15 is 0 Å². The second-order valence-electron chi connectivity index (χ2n) is 17.0. The Balaban J connectivity index is 0.647. The van der Waals surface area contributed by atoms with E-state index in [-0.39, 0.29) is 43.0 Å². The van der Waals surface area contributed by atoms with Crippen molar-refractivity contribution in [2.24, 2.45) is 7.05 Å². The fourth-order valence-electron chi connectivity index (χ4n) is 8.12. The zero-order valence-corrected chi connectivity index (χ0v) is 39.7. The van der Waals surface area contributed by atoms with Gasteiger partial charge in [0.15, 0.2) is 11.6 Å². The highest BCUT2D eigenvalue weighted by atomic mass is 16.5. The SMILES string of the molecule is Cn1c(CNc2cccc(C(=O)NCc3cccc(OCCCCCCOCCOCCOCCCCCC(=O)Nc4cccc5c4CN(C4CCC(=O)NC4=O)C5=O)c3)c2)nnc1-c1ccncn1. The number of anilines is 2. The van der Waals surface area contributed by atoms with Crippen LogP contribution in [-0.2, 0) is 55.3 Å². The summed E-state index contributed by atoms with van der Waals surface area (Å²) < 4.78 is 24.9. The van der Waals surface area contributed by atoms with Crippen molar-refractivity contribution in [3.05, 3.63) is 113 Å². The maximum absolute atomic E-state index is 13.1. The number of hydrogen-bond donors (Lipinski definition) is 4. The Morgan fingerprint density at radius 1 is 0.786 bits per heavy atom. The average molecular weight is 959 g/mol. The van der Waals surface area contributed by atoms with Crippen molar-refractivity contribution in [1.29, 1.82) is 0 Å². The number of hydrogen-bond acceptors (Lipinski definition) is 14. The van der Waals surface area contributed by atoms with Crippen LogP contribution in [0, 0.1) is 0 Å². The number of amides is 5. The Kier molecular flexibility index (Phi) is 19.3.